The molecule has 1 saturated heterocycles. The van der Waals surface area contributed by atoms with Gasteiger partial charge in [0.05, 0.1) is 18.3 Å². The summed E-state index contributed by atoms with van der Waals surface area (Å²) in [6.45, 7) is 6.76. The highest BCUT2D eigenvalue weighted by molar-refractivity contribution is 5.50. The van der Waals surface area contributed by atoms with Crippen molar-refractivity contribution in [2.75, 3.05) is 31.7 Å². The fraction of sp³-hybridized carbons (Fsp3) is 0.700. The predicted molar refractivity (Wildman–Crippen MR) is 96.8 cm³/mol. The van der Waals surface area contributed by atoms with Gasteiger partial charge in [-0.1, -0.05) is 0 Å². The summed E-state index contributed by atoms with van der Waals surface area (Å²) < 4.78 is 10.9. The molecule has 1 saturated carbocycles. The van der Waals surface area contributed by atoms with Gasteiger partial charge < -0.3 is 19.5 Å². The number of anilines is 1. The van der Waals surface area contributed by atoms with Gasteiger partial charge in [0.15, 0.2) is 0 Å². The molecule has 2 fully saturated rings. The summed E-state index contributed by atoms with van der Waals surface area (Å²) in [5.41, 5.74) is 1.04. The van der Waals surface area contributed by atoms with Crippen LogP contribution in [0.4, 0.5) is 5.69 Å². The van der Waals surface area contributed by atoms with E-state index < -0.39 is 5.60 Å². The number of nitrogens with zero attached hydrogens (tertiary/aromatic N) is 1. The second-order valence-electron chi connectivity index (χ2n) is 7.99. The van der Waals surface area contributed by atoms with Crippen LogP contribution in [0.2, 0.25) is 0 Å². The van der Waals surface area contributed by atoms with Crippen LogP contribution in [0.1, 0.15) is 46.0 Å². The minimum atomic E-state index is -0.608. The Labute approximate surface area is 145 Å². The van der Waals surface area contributed by atoms with Gasteiger partial charge in [-0.25, -0.2) is 0 Å². The third-order valence-electron chi connectivity index (χ3n) is 5.67. The first-order chi connectivity index (χ1) is 11.4. The van der Waals surface area contributed by atoms with Crippen LogP contribution in [0, 0.1) is 5.41 Å². The molecule has 1 aromatic rings. The van der Waals surface area contributed by atoms with Crippen molar-refractivity contribution in [2.24, 2.45) is 5.41 Å². The van der Waals surface area contributed by atoms with Crippen molar-refractivity contribution in [1.82, 2.24) is 0 Å². The zero-order valence-electron chi connectivity index (χ0n) is 15.3. The molecule has 134 valence electrons. The molecule has 0 aromatic heterocycles. The molecule has 4 heteroatoms. The molecule has 0 amide bonds. The maximum absolute atomic E-state index is 10.5. The Morgan fingerprint density at radius 1 is 1.08 bits per heavy atom. The van der Waals surface area contributed by atoms with Crippen molar-refractivity contribution < 1.29 is 14.6 Å². The van der Waals surface area contributed by atoms with Gasteiger partial charge >= 0.3 is 0 Å². The number of hydrogen-bond acceptors (Lipinski definition) is 4. The van der Waals surface area contributed by atoms with Crippen molar-refractivity contribution in [1.29, 1.82) is 0 Å². The van der Waals surface area contributed by atoms with E-state index in [1.165, 1.54) is 12.1 Å². The fourth-order valence-corrected chi connectivity index (χ4v) is 4.23. The maximum Gasteiger partial charge on any atom is 0.119 e. The SMILES string of the molecule is COCC1(O)CCC2(CCN(c3ccc(OC(C)C)cc3)C2)CC1. The van der Waals surface area contributed by atoms with E-state index in [4.69, 9.17) is 9.47 Å². The lowest BCUT2D eigenvalue weighted by Crippen LogP contribution is -2.43. The molecule has 4 nitrogen and oxygen atoms in total. The lowest BCUT2D eigenvalue weighted by Gasteiger charge is -2.41. The Balaban J connectivity index is 1.59. The first kappa shape index (κ1) is 17.6. The average molecular weight is 333 g/mol. The Hall–Kier alpha value is -1.26. The molecule has 1 aliphatic heterocycles. The lowest BCUT2D eigenvalue weighted by molar-refractivity contribution is -0.0766. The molecule has 0 unspecified atom stereocenters. The second-order valence-corrected chi connectivity index (χ2v) is 7.99. The van der Waals surface area contributed by atoms with Crippen molar-refractivity contribution in [3.05, 3.63) is 24.3 Å². The monoisotopic (exact) mass is 333 g/mol. The van der Waals surface area contributed by atoms with Gasteiger partial charge in [-0.15, -0.1) is 0 Å². The van der Waals surface area contributed by atoms with E-state index in [0.29, 0.717) is 12.0 Å². The van der Waals surface area contributed by atoms with Gasteiger partial charge in [0.1, 0.15) is 5.75 Å². The number of methoxy groups -OCH3 is 1. The van der Waals surface area contributed by atoms with E-state index >= 15 is 0 Å². The van der Waals surface area contributed by atoms with Crippen LogP contribution in [0.25, 0.3) is 0 Å². The Morgan fingerprint density at radius 2 is 1.75 bits per heavy atom. The Bertz CT molecular complexity index is 532. The van der Waals surface area contributed by atoms with Crippen LogP contribution in [0.3, 0.4) is 0 Å². The van der Waals surface area contributed by atoms with Crippen LogP contribution in [-0.2, 0) is 4.74 Å². The first-order valence-electron chi connectivity index (χ1n) is 9.17. The van der Waals surface area contributed by atoms with Crippen LogP contribution >= 0.6 is 0 Å². The summed E-state index contributed by atoms with van der Waals surface area (Å²) in [5, 5.41) is 10.5. The Morgan fingerprint density at radius 3 is 2.33 bits per heavy atom. The van der Waals surface area contributed by atoms with Gasteiger partial charge in [-0.05, 0) is 75.6 Å². The molecule has 1 aromatic carbocycles. The van der Waals surface area contributed by atoms with Crippen LogP contribution in [-0.4, -0.2) is 43.6 Å². The quantitative estimate of drug-likeness (QED) is 0.893. The van der Waals surface area contributed by atoms with E-state index in [1.807, 2.05) is 13.8 Å². The van der Waals surface area contributed by atoms with Crippen molar-refractivity contribution in [3.63, 3.8) is 0 Å². The summed E-state index contributed by atoms with van der Waals surface area (Å²) in [6.07, 6.45) is 5.33. The number of hydrogen-bond donors (Lipinski definition) is 1. The zero-order chi connectivity index (χ0) is 17.2. The summed E-state index contributed by atoms with van der Waals surface area (Å²) >= 11 is 0. The Kier molecular flexibility index (Phi) is 5.07. The molecule has 2 aliphatic rings. The lowest BCUT2D eigenvalue weighted by atomic mass is 9.68. The first-order valence-corrected chi connectivity index (χ1v) is 9.17. The average Bonchev–Trinajstić information content (AvgIpc) is 2.96. The molecule has 0 radical (unpaired) electrons. The molecular formula is C20H31NO3. The topological polar surface area (TPSA) is 41.9 Å². The van der Waals surface area contributed by atoms with Crippen LogP contribution < -0.4 is 9.64 Å². The molecule has 3 rings (SSSR count). The van der Waals surface area contributed by atoms with Gasteiger partial charge in [0.25, 0.3) is 0 Å². The molecule has 1 aliphatic carbocycles. The summed E-state index contributed by atoms with van der Waals surface area (Å²) in [6, 6.07) is 8.47. The van der Waals surface area contributed by atoms with E-state index in [-0.39, 0.29) is 6.10 Å². The molecule has 0 atom stereocenters. The normalized spacial score (nSPS) is 30.3. The molecule has 0 bridgehead atoms. The van der Waals surface area contributed by atoms with Gasteiger partial charge in [0.2, 0.25) is 0 Å². The maximum atomic E-state index is 10.5. The van der Waals surface area contributed by atoms with E-state index in [1.54, 1.807) is 7.11 Å². The standard InChI is InChI=1S/C20H31NO3/c1-16(2)24-18-6-4-17(5-7-18)21-13-12-19(14-21)8-10-20(22,11-9-19)15-23-3/h4-7,16,22H,8-15H2,1-3H3. The van der Waals surface area contributed by atoms with Crippen LogP contribution in [0.5, 0.6) is 5.75 Å². The molecule has 1 N–H and O–H groups in total. The highest BCUT2D eigenvalue weighted by Gasteiger charge is 2.45. The molecular weight excluding hydrogens is 302 g/mol. The van der Waals surface area contributed by atoms with Gasteiger partial charge in [-0.2, -0.15) is 0 Å². The fourth-order valence-electron chi connectivity index (χ4n) is 4.23. The highest BCUT2D eigenvalue weighted by atomic mass is 16.5. The van der Waals surface area contributed by atoms with Gasteiger partial charge in [0, 0.05) is 25.9 Å². The third kappa shape index (κ3) is 3.86. The van der Waals surface area contributed by atoms with Crippen molar-refractivity contribution in [3.8, 4) is 5.75 Å². The highest BCUT2D eigenvalue weighted by Crippen LogP contribution is 2.47. The predicted octanol–water partition coefficient (Wildman–Crippen LogP) is 3.62. The zero-order valence-corrected chi connectivity index (χ0v) is 15.3. The van der Waals surface area contributed by atoms with Crippen LogP contribution in [0.15, 0.2) is 24.3 Å². The third-order valence-corrected chi connectivity index (χ3v) is 5.67. The molecule has 1 spiro atoms. The number of aliphatic hydroxyl groups is 1. The van der Waals surface area contributed by atoms with Crippen molar-refractivity contribution >= 4 is 5.69 Å². The second kappa shape index (κ2) is 6.93. The summed E-state index contributed by atoms with van der Waals surface area (Å²) in [7, 11) is 1.67. The number of benzene rings is 1. The smallest absolute Gasteiger partial charge is 0.119 e. The van der Waals surface area contributed by atoms with Gasteiger partial charge in [-0.3, -0.25) is 0 Å². The molecule has 1 heterocycles. The molecule has 24 heavy (non-hydrogen) atoms. The van der Waals surface area contributed by atoms with Crippen molar-refractivity contribution in [2.45, 2.75) is 57.7 Å². The summed E-state index contributed by atoms with van der Waals surface area (Å²) in [4.78, 5) is 2.49. The van der Waals surface area contributed by atoms with E-state index in [0.717, 1.165) is 44.5 Å². The minimum Gasteiger partial charge on any atom is -0.491 e. The van der Waals surface area contributed by atoms with E-state index in [2.05, 4.69) is 29.2 Å². The summed E-state index contributed by atoms with van der Waals surface area (Å²) in [5.74, 6) is 0.935. The minimum absolute atomic E-state index is 0.207. The number of rotatable bonds is 5. The van der Waals surface area contributed by atoms with E-state index in [9.17, 15) is 5.11 Å². The number of ether oxygens (including phenoxy) is 2. The largest absolute Gasteiger partial charge is 0.491 e.